The average molecular weight is 327 g/mol. The van der Waals surface area contributed by atoms with Crippen molar-refractivity contribution in [2.24, 2.45) is 22.0 Å². The predicted molar refractivity (Wildman–Crippen MR) is 95.9 cm³/mol. The van der Waals surface area contributed by atoms with Crippen LogP contribution < -0.4 is 0 Å². The summed E-state index contributed by atoms with van der Waals surface area (Å²) in [7, 11) is 0. The van der Waals surface area contributed by atoms with E-state index in [-0.39, 0.29) is 11.9 Å². The molecule has 0 N–H and O–H groups in total. The maximum Gasteiger partial charge on any atom is 0.123 e. The Morgan fingerprint density at radius 1 is 1.04 bits per heavy atom. The molecule has 1 saturated carbocycles. The van der Waals surface area contributed by atoms with E-state index in [0.717, 1.165) is 24.2 Å². The van der Waals surface area contributed by atoms with E-state index in [1.54, 1.807) is 12.1 Å². The summed E-state index contributed by atoms with van der Waals surface area (Å²) in [5, 5.41) is 9.07. The first-order chi connectivity index (χ1) is 11.6. The molecule has 3 atom stereocenters. The van der Waals surface area contributed by atoms with Gasteiger partial charge in [-0.2, -0.15) is 10.2 Å². The molecule has 128 valence electrons. The summed E-state index contributed by atoms with van der Waals surface area (Å²) in [6.45, 7) is 5.70. The fraction of sp³-hybridized carbons (Fsp3) is 0.600. The average Bonchev–Trinajstić information content (AvgIpc) is 3.32. The number of benzene rings is 1. The van der Waals surface area contributed by atoms with E-state index in [9.17, 15) is 4.39 Å². The Morgan fingerprint density at radius 3 is 2.50 bits per heavy atom. The first-order valence-electron chi connectivity index (χ1n) is 9.26. The Kier molecular flexibility index (Phi) is 4.25. The quantitative estimate of drug-likeness (QED) is 0.794. The predicted octanol–water partition coefficient (Wildman–Crippen LogP) is 4.60. The molecule has 2 heterocycles. The van der Waals surface area contributed by atoms with Crippen LogP contribution in [0.5, 0.6) is 0 Å². The first-order valence-corrected chi connectivity index (χ1v) is 9.26. The second kappa shape index (κ2) is 6.40. The molecule has 3 nitrogen and oxygen atoms in total. The highest BCUT2D eigenvalue weighted by atomic mass is 19.1. The van der Waals surface area contributed by atoms with Gasteiger partial charge < -0.3 is 0 Å². The summed E-state index contributed by atoms with van der Waals surface area (Å²) < 4.78 is 13.4. The fourth-order valence-electron chi connectivity index (χ4n) is 4.08. The highest BCUT2D eigenvalue weighted by Gasteiger charge is 2.37. The van der Waals surface area contributed by atoms with Gasteiger partial charge in [-0.3, -0.25) is 4.90 Å². The molecule has 1 aromatic carbocycles. The van der Waals surface area contributed by atoms with Crippen LogP contribution >= 0.6 is 0 Å². The third-order valence-corrected chi connectivity index (χ3v) is 5.72. The summed E-state index contributed by atoms with van der Waals surface area (Å²) in [4.78, 5) is 2.56. The van der Waals surface area contributed by atoms with Gasteiger partial charge >= 0.3 is 0 Å². The van der Waals surface area contributed by atoms with E-state index in [1.807, 2.05) is 12.1 Å². The molecule has 1 aromatic rings. The normalized spacial score (nSPS) is 29.3. The van der Waals surface area contributed by atoms with Crippen molar-refractivity contribution in [3.8, 4) is 0 Å². The van der Waals surface area contributed by atoms with Gasteiger partial charge in [0.15, 0.2) is 0 Å². The molecule has 1 unspecified atom stereocenters. The number of nitrogens with zero attached hydrogens (tertiary/aromatic N) is 3. The van der Waals surface area contributed by atoms with Gasteiger partial charge in [0.1, 0.15) is 5.82 Å². The first kappa shape index (κ1) is 15.9. The molecule has 2 aliphatic heterocycles. The molecular formula is C20H26FN3. The molecule has 0 bridgehead atoms. The van der Waals surface area contributed by atoms with Crippen LogP contribution in [0.2, 0.25) is 0 Å². The van der Waals surface area contributed by atoms with Crippen molar-refractivity contribution in [1.82, 2.24) is 4.90 Å². The minimum atomic E-state index is -0.180. The molecule has 2 fully saturated rings. The van der Waals surface area contributed by atoms with Crippen LogP contribution in [0, 0.1) is 17.7 Å². The lowest BCUT2D eigenvalue weighted by Gasteiger charge is -2.42. The number of halogens is 1. The van der Waals surface area contributed by atoms with Gasteiger partial charge in [-0.1, -0.05) is 19.1 Å². The maximum absolute atomic E-state index is 13.4. The highest BCUT2D eigenvalue weighted by molar-refractivity contribution is 6.11. The fourth-order valence-corrected chi connectivity index (χ4v) is 4.08. The molecule has 1 saturated heterocycles. The van der Waals surface area contributed by atoms with Crippen molar-refractivity contribution in [3.63, 3.8) is 0 Å². The lowest BCUT2D eigenvalue weighted by atomic mass is 9.88. The van der Waals surface area contributed by atoms with E-state index >= 15 is 0 Å². The van der Waals surface area contributed by atoms with Crippen LogP contribution in [0.3, 0.4) is 0 Å². The van der Waals surface area contributed by atoms with Crippen molar-refractivity contribution in [2.75, 3.05) is 6.54 Å². The van der Waals surface area contributed by atoms with Gasteiger partial charge in [0.2, 0.25) is 0 Å². The van der Waals surface area contributed by atoms with Crippen LogP contribution in [0.15, 0.2) is 34.5 Å². The van der Waals surface area contributed by atoms with Gasteiger partial charge in [-0.15, -0.1) is 0 Å². The van der Waals surface area contributed by atoms with Crippen molar-refractivity contribution in [3.05, 3.63) is 35.6 Å². The van der Waals surface area contributed by atoms with Crippen molar-refractivity contribution in [1.29, 1.82) is 0 Å². The summed E-state index contributed by atoms with van der Waals surface area (Å²) in [5.41, 5.74) is 3.54. The Labute approximate surface area is 143 Å². The standard InChI is InChI=1S/C20H26FN3/c1-13-3-4-14(2)24(12-13)20(16-7-9-17(21)10-8-16)19-11-18(22-23-19)15-5-6-15/h7-10,13-15,20H,3-6,11-12H2,1-2H3/t13-,14-,20?/m1/s1. The zero-order chi connectivity index (χ0) is 16.7. The van der Waals surface area contributed by atoms with E-state index in [1.165, 1.54) is 31.4 Å². The largest absolute Gasteiger partial charge is 0.288 e. The van der Waals surface area contributed by atoms with E-state index in [0.29, 0.717) is 17.9 Å². The lowest BCUT2D eigenvalue weighted by molar-refractivity contribution is 0.104. The monoisotopic (exact) mass is 327 g/mol. The lowest BCUT2D eigenvalue weighted by Crippen LogP contribution is -2.46. The Bertz CT molecular complexity index is 660. The number of likely N-dealkylation sites (tertiary alicyclic amines) is 1. The summed E-state index contributed by atoms with van der Waals surface area (Å²) in [5.74, 6) is 1.17. The van der Waals surface area contributed by atoms with Crippen LogP contribution in [0.25, 0.3) is 0 Å². The van der Waals surface area contributed by atoms with Gasteiger partial charge in [-0.05, 0) is 62.1 Å². The van der Waals surface area contributed by atoms with Gasteiger partial charge in [0, 0.05) is 24.7 Å². The topological polar surface area (TPSA) is 28.0 Å². The summed E-state index contributed by atoms with van der Waals surface area (Å²) in [6, 6.07) is 7.62. The van der Waals surface area contributed by atoms with Crippen LogP contribution in [-0.4, -0.2) is 28.9 Å². The molecule has 0 amide bonds. The molecular weight excluding hydrogens is 301 g/mol. The van der Waals surface area contributed by atoms with Gasteiger partial charge in [0.05, 0.1) is 11.8 Å². The Morgan fingerprint density at radius 2 is 1.79 bits per heavy atom. The number of hydrogen-bond acceptors (Lipinski definition) is 3. The van der Waals surface area contributed by atoms with Crippen LogP contribution in [0.1, 0.15) is 57.6 Å². The van der Waals surface area contributed by atoms with Crippen molar-refractivity contribution >= 4 is 11.4 Å². The van der Waals surface area contributed by atoms with Gasteiger partial charge in [-0.25, -0.2) is 4.39 Å². The third-order valence-electron chi connectivity index (χ3n) is 5.72. The molecule has 0 aromatic heterocycles. The Hall–Kier alpha value is -1.55. The zero-order valence-corrected chi connectivity index (χ0v) is 14.6. The minimum Gasteiger partial charge on any atom is -0.288 e. The van der Waals surface area contributed by atoms with Crippen LogP contribution in [0.4, 0.5) is 4.39 Å². The minimum absolute atomic E-state index is 0.128. The van der Waals surface area contributed by atoms with Gasteiger partial charge in [0.25, 0.3) is 0 Å². The number of rotatable bonds is 4. The summed E-state index contributed by atoms with van der Waals surface area (Å²) >= 11 is 0. The van der Waals surface area contributed by atoms with E-state index in [4.69, 9.17) is 0 Å². The van der Waals surface area contributed by atoms with Crippen LogP contribution in [-0.2, 0) is 0 Å². The molecule has 4 rings (SSSR count). The maximum atomic E-state index is 13.4. The number of hydrogen-bond donors (Lipinski definition) is 0. The zero-order valence-electron chi connectivity index (χ0n) is 14.6. The molecule has 0 spiro atoms. The second-order valence-corrected chi connectivity index (χ2v) is 7.82. The van der Waals surface area contributed by atoms with E-state index in [2.05, 4.69) is 29.0 Å². The van der Waals surface area contributed by atoms with E-state index < -0.39 is 0 Å². The molecule has 0 radical (unpaired) electrons. The molecule has 24 heavy (non-hydrogen) atoms. The highest BCUT2D eigenvalue weighted by Crippen LogP contribution is 2.38. The van der Waals surface area contributed by atoms with Crippen molar-refractivity contribution < 1.29 is 4.39 Å². The Balaban J connectivity index is 1.63. The smallest absolute Gasteiger partial charge is 0.123 e. The third kappa shape index (κ3) is 3.16. The molecule has 3 aliphatic rings. The second-order valence-electron chi connectivity index (χ2n) is 7.82. The van der Waals surface area contributed by atoms with Crippen molar-refractivity contribution in [2.45, 2.75) is 58.0 Å². The molecule has 1 aliphatic carbocycles. The number of piperidine rings is 1. The molecule has 4 heteroatoms. The SMILES string of the molecule is C[C@@H]1CC[C@@H](C)N(C(C2=NN=C(C3CC3)C2)c2ccc(F)cc2)C1. The summed E-state index contributed by atoms with van der Waals surface area (Å²) in [6.07, 6.45) is 5.91.